The van der Waals surface area contributed by atoms with E-state index in [9.17, 15) is 0 Å². The molecule has 0 aliphatic carbocycles. The second-order valence-corrected chi connectivity index (χ2v) is 4.74. The summed E-state index contributed by atoms with van der Waals surface area (Å²) in [6, 6.07) is 7.80. The van der Waals surface area contributed by atoms with E-state index in [0.717, 1.165) is 10.6 Å². The third kappa shape index (κ3) is 3.03. The molecule has 2 rings (SSSR count). The summed E-state index contributed by atoms with van der Waals surface area (Å²) >= 11 is 6.21. The third-order valence-electron chi connectivity index (χ3n) is 3.13. The first kappa shape index (κ1) is 13.8. The van der Waals surface area contributed by atoms with Crippen molar-refractivity contribution in [1.82, 2.24) is 9.97 Å². The quantitative estimate of drug-likeness (QED) is 0.934. The van der Waals surface area contributed by atoms with Crippen LogP contribution in [0.25, 0.3) is 0 Å². The van der Waals surface area contributed by atoms with Crippen molar-refractivity contribution in [3.8, 4) is 0 Å². The molecular weight excluding hydrogens is 262 g/mol. The van der Waals surface area contributed by atoms with Crippen LogP contribution in [0.1, 0.15) is 24.2 Å². The summed E-state index contributed by atoms with van der Waals surface area (Å²) < 4.78 is 0. The average molecular weight is 278 g/mol. The van der Waals surface area contributed by atoms with Gasteiger partial charge < -0.3 is 10.0 Å². The van der Waals surface area contributed by atoms with Crippen LogP contribution in [0.3, 0.4) is 0 Å². The molecule has 100 valence electrons. The molecule has 1 N–H and O–H groups in total. The van der Waals surface area contributed by atoms with Gasteiger partial charge >= 0.3 is 0 Å². The van der Waals surface area contributed by atoms with E-state index in [0.29, 0.717) is 11.5 Å². The molecule has 4 nitrogen and oxygen atoms in total. The van der Waals surface area contributed by atoms with Gasteiger partial charge in [0, 0.05) is 12.1 Å². The van der Waals surface area contributed by atoms with Gasteiger partial charge in [0.15, 0.2) is 0 Å². The summed E-state index contributed by atoms with van der Waals surface area (Å²) in [5, 5.41) is 9.83. The summed E-state index contributed by atoms with van der Waals surface area (Å²) in [5.74, 6) is 0.707. The van der Waals surface area contributed by atoms with Crippen LogP contribution in [-0.2, 0) is 6.61 Å². The summed E-state index contributed by atoms with van der Waals surface area (Å²) in [4.78, 5) is 10.4. The van der Waals surface area contributed by atoms with E-state index in [1.54, 1.807) is 12.4 Å². The van der Waals surface area contributed by atoms with Gasteiger partial charge in [-0.1, -0.05) is 29.8 Å². The Balaban J connectivity index is 2.28. The van der Waals surface area contributed by atoms with Crippen molar-refractivity contribution in [1.29, 1.82) is 0 Å². The van der Waals surface area contributed by atoms with E-state index in [1.807, 2.05) is 36.2 Å². The summed E-state index contributed by atoms with van der Waals surface area (Å²) in [6.45, 7) is 1.93. The van der Waals surface area contributed by atoms with Crippen molar-refractivity contribution in [3.05, 3.63) is 52.9 Å². The number of aromatic nitrogens is 2. The Morgan fingerprint density at radius 3 is 2.74 bits per heavy atom. The number of benzene rings is 1. The molecule has 0 aliphatic heterocycles. The monoisotopic (exact) mass is 277 g/mol. The Bertz CT molecular complexity index is 562. The molecule has 5 heteroatoms. The maximum absolute atomic E-state index is 9.10. The topological polar surface area (TPSA) is 49.2 Å². The van der Waals surface area contributed by atoms with Crippen LogP contribution in [-0.4, -0.2) is 22.1 Å². The number of anilines is 1. The highest BCUT2D eigenvalue weighted by atomic mass is 35.5. The molecule has 1 aromatic heterocycles. The highest BCUT2D eigenvalue weighted by Gasteiger charge is 2.16. The van der Waals surface area contributed by atoms with Crippen molar-refractivity contribution in [3.63, 3.8) is 0 Å². The molecule has 1 aromatic carbocycles. The molecule has 1 atom stereocenters. The van der Waals surface area contributed by atoms with Crippen LogP contribution in [0.5, 0.6) is 0 Å². The van der Waals surface area contributed by atoms with E-state index < -0.39 is 0 Å². The van der Waals surface area contributed by atoms with Crippen LogP contribution < -0.4 is 4.90 Å². The smallest absolute Gasteiger partial charge is 0.147 e. The molecule has 0 saturated carbocycles. The number of aliphatic hydroxyl groups is 1. The minimum Gasteiger partial charge on any atom is -0.390 e. The van der Waals surface area contributed by atoms with Gasteiger partial charge in [-0.05, 0) is 18.6 Å². The lowest BCUT2D eigenvalue weighted by molar-refractivity contribution is 0.276. The lowest BCUT2D eigenvalue weighted by Crippen LogP contribution is -2.23. The summed E-state index contributed by atoms with van der Waals surface area (Å²) in [7, 11) is 1.93. The second kappa shape index (κ2) is 5.99. The zero-order valence-corrected chi connectivity index (χ0v) is 11.7. The fourth-order valence-electron chi connectivity index (χ4n) is 1.86. The molecule has 1 heterocycles. The van der Waals surface area contributed by atoms with Crippen molar-refractivity contribution < 1.29 is 5.11 Å². The zero-order chi connectivity index (χ0) is 13.8. The molecule has 0 fully saturated rings. The van der Waals surface area contributed by atoms with E-state index >= 15 is 0 Å². The number of rotatable bonds is 4. The largest absolute Gasteiger partial charge is 0.390 e. The van der Waals surface area contributed by atoms with Gasteiger partial charge in [-0.2, -0.15) is 0 Å². The first-order chi connectivity index (χ1) is 9.13. The van der Waals surface area contributed by atoms with E-state index in [2.05, 4.69) is 16.9 Å². The van der Waals surface area contributed by atoms with E-state index in [-0.39, 0.29) is 12.6 Å². The lowest BCUT2D eigenvalue weighted by atomic mass is 10.1. The number of halogens is 1. The molecule has 0 bridgehead atoms. The Morgan fingerprint density at radius 2 is 2.05 bits per heavy atom. The fraction of sp³-hybridized carbons (Fsp3) is 0.286. The third-order valence-corrected chi connectivity index (χ3v) is 3.48. The van der Waals surface area contributed by atoms with Gasteiger partial charge in [-0.25, -0.2) is 4.98 Å². The Labute approximate surface area is 117 Å². The molecular formula is C14H16ClN3O. The standard InChI is InChI=1S/C14H16ClN3O/c1-10(12-5-3-4-6-13(12)15)18(2)14-8-16-7-11(9-19)17-14/h3-8,10,19H,9H2,1-2H3. The minimum atomic E-state index is -0.116. The van der Waals surface area contributed by atoms with Gasteiger partial charge in [0.25, 0.3) is 0 Å². The predicted molar refractivity (Wildman–Crippen MR) is 76.2 cm³/mol. The molecule has 0 saturated heterocycles. The van der Waals surface area contributed by atoms with Gasteiger partial charge in [0.05, 0.1) is 30.7 Å². The minimum absolute atomic E-state index is 0.0666. The van der Waals surface area contributed by atoms with Crippen LogP contribution in [0.2, 0.25) is 5.02 Å². The molecule has 0 amide bonds. The molecule has 19 heavy (non-hydrogen) atoms. The number of aliphatic hydroxyl groups excluding tert-OH is 1. The van der Waals surface area contributed by atoms with Gasteiger partial charge in [0.1, 0.15) is 5.82 Å². The van der Waals surface area contributed by atoms with Crippen LogP contribution in [0.4, 0.5) is 5.82 Å². The molecule has 1 unspecified atom stereocenters. The number of hydrogen-bond donors (Lipinski definition) is 1. The van der Waals surface area contributed by atoms with Crippen molar-refractivity contribution in [2.45, 2.75) is 19.6 Å². The molecule has 2 aromatic rings. The van der Waals surface area contributed by atoms with Crippen LogP contribution >= 0.6 is 11.6 Å². The SMILES string of the molecule is CC(c1ccccc1Cl)N(C)c1cncc(CO)n1. The van der Waals surface area contributed by atoms with E-state index in [1.165, 1.54) is 0 Å². The Hall–Kier alpha value is -1.65. The highest BCUT2D eigenvalue weighted by Crippen LogP contribution is 2.28. The normalized spacial score (nSPS) is 12.2. The zero-order valence-electron chi connectivity index (χ0n) is 10.9. The Morgan fingerprint density at radius 1 is 1.32 bits per heavy atom. The average Bonchev–Trinajstić information content (AvgIpc) is 2.46. The number of nitrogens with zero attached hydrogens (tertiary/aromatic N) is 3. The van der Waals surface area contributed by atoms with Crippen LogP contribution in [0.15, 0.2) is 36.7 Å². The lowest BCUT2D eigenvalue weighted by Gasteiger charge is -2.26. The highest BCUT2D eigenvalue weighted by molar-refractivity contribution is 6.31. The van der Waals surface area contributed by atoms with Gasteiger partial charge in [0.2, 0.25) is 0 Å². The molecule has 0 aliphatic rings. The molecule has 0 radical (unpaired) electrons. The maximum atomic E-state index is 9.10. The number of hydrogen-bond acceptors (Lipinski definition) is 4. The van der Waals surface area contributed by atoms with Crippen molar-refractivity contribution in [2.75, 3.05) is 11.9 Å². The predicted octanol–water partition coefficient (Wildman–Crippen LogP) is 2.82. The van der Waals surface area contributed by atoms with Crippen molar-refractivity contribution in [2.24, 2.45) is 0 Å². The van der Waals surface area contributed by atoms with Crippen LogP contribution in [0, 0.1) is 0 Å². The van der Waals surface area contributed by atoms with E-state index in [4.69, 9.17) is 16.7 Å². The maximum Gasteiger partial charge on any atom is 0.147 e. The fourth-order valence-corrected chi connectivity index (χ4v) is 2.16. The second-order valence-electron chi connectivity index (χ2n) is 4.34. The van der Waals surface area contributed by atoms with Gasteiger partial charge in [-0.15, -0.1) is 0 Å². The first-order valence-corrected chi connectivity index (χ1v) is 6.40. The summed E-state index contributed by atoms with van der Waals surface area (Å²) in [5.41, 5.74) is 1.58. The molecule has 0 spiro atoms. The summed E-state index contributed by atoms with van der Waals surface area (Å²) in [6.07, 6.45) is 3.23. The Kier molecular flexibility index (Phi) is 4.35. The van der Waals surface area contributed by atoms with Gasteiger partial charge in [-0.3, -0.25) is 4.98 Å². The first-order valence-electron chi connectivity index (χ1n) is 6.02. The van der Waals surface area contributed by atoms with Crippen molar-refractivity contribution >= 4 is 17.4 Å².